The van der Waals surface area contributed by atoms with Crippen molar-refractivity contribution in [3.05, 3.63) is 59.7 Å². The Morgan fingerprint density at radius 1 is 1.17 bits per heavy atom. The smallest absolute Gasteiger partial charge is 0.319 e. The minimum atomic E-state index is -0.208. The Morgan fingerprint density at radius 3 is 2.73 bits per heavy atom. The highest BCUT2D eigenvalue weighted by atomic mass is 16.5. The molecule has 160 valence electrons. The normalized spacial score (nSPS) is 16.1. The molecule has 2 N–H and O–H groups in total. The molecule has 1 fully saturated rings. The first kappa shape index (κ1) is 21.7. The average molecular weight is 410 g/mol. The van der Waals surface area contributed by atoms with Gasteiger partial charge in [0, 0.05) is 31.7 Å². The number of rotatable bonds is 7. The zero-order valence-corrected chi connectivity index (χ0v) is 17.8. The number of benzene rings is 2. The number of carbonyl (C=O) groups excluding carboxylic acids is 2. The lowest BCUT2D eigenvalue weighted by Crippen LogP contribution is -2.44. The largest absolute Gasteiger partial charge is 0.497 e. The van der Waals surface area contributed by atoms with Crippen molar-refractivity contribution in [2.45, 2.75) is 32.6 Å². The van der Waals surface area contributed by atoms with E-state index in [0.29, 0.717) is 25.9 Å². The van der Waals surface area contributed by atoms with Crippen LogP contribution in [-0.2, 0) is 11.2 Å². The Kier molecular flexibility index (Phi) is 7.71. The number of amides is 3. The van der Waals surface area contributed by atoms with Crippen molar-refractivity contribution in [2.75, 3.05) is 32.1 Å². The molecule has 1 atom stereocenters. The van der Waals surface area contributed by atoms with E-state index in [-0.39, 0.29) is 17.9 Å². The van der Waals surface area contributed by atoms with E-state index in [0.717, 1.165) is 42.0 Å². The molecule has 1 aliphatic rings. The molecule has 6 heteroatoms. The Labute approximate surface area is 178 Å². The van der Waals surface area contributed by atoms with Gasteiger partial charge in [-0.25, -0.2) is 4.79 Å². The third kappa shape index (κ3) is 6.51. The number of nitrogens with one attached hydrogen (secondary N) is 2. The van der Waals surface area contributed by atoms with Gasteiger partial charge in [0.1, 0.15) is 5.75 Å². The van der Waals surface area contributed by atoms with Crippen LogP contribution in [0.1, 0.15) is 30.4 Å². The van der Waals surface area contributed by atoms with E-state index in [4.69, 9.17) is 4.74 Å². The van der Waals surface area contributed by atoms with Gasteiger partial charge in [-0.3, -0.25) is 4.79 Å². The second kappa shape index (κ2) is 10.7. The number of hydrogen-bond acceptors (Lipinski definition) is 3. The van der Waals surface area contributed by atoms with Gasteiger partial charge >= 0.3 is 6.03 Å². The van der Waals surface area contributed by atoms with E-state index in [1.165, 1.54) is 0 Å². The number of nitrogens with zero attached hydrogens (tertiary/aromatic N) is 1. The van der Waals surface area contributed by atoms with Crippen molar-refractivity contribution in [3.63, 3.8) is 0 Å². The minimum Gasteiger partial charge on any atom is -0.497 e. The van der Waals surface area contributed by atoms with Crippen molar-refractivity contribution in [3.8, 4) is 5.75 Å². The molecule has 1 saturated heterocycles. The van der Waals surface area contributed by atoms with E-state index in [1.54, 1.807) is 7.11 Å². The Bertz CT molecular complexity index is 851. The fourth-order valence-electron chi connectivity index (χ4n) is 3.74. The van der Waals surface area contributed by atoms with Crippen molar-refractivity contribution in [1.82, 2.24) is 10.2 Å². The first-order valence-electron chi connectivity index (χ1n) is 10.6. The fourth-order valence-corrected chi connectivity index (χ4v) is 3.74. The van der Waals surface area contributed by atoms with Gasteiger partial charge in [0.05, 0.1) is 7.11 Å². The molecule has 3 rings (SSSR count). The summed E-state index contributed by atoms with van der Waals surface area (Å²) in [5.74, 6) is 1.27. The number of aryl methyl sites for hydroxylation is 2. The van der Waals surface area contributed by atoms with Crippen LogP contribution in [0.4, 0.5) is 10.5 Å². The van der Waals surface area contributed by atoms with Crippen molar-refractivity contribution in [2.24, 2.45) is 5.92 Å². The van der Waals surface area contributed by atoms with Crippen LogP contribution in [0.2, 0.25) is 0 Å². The summed E-state index contributed by atoms with van der Waals surface area (Å²) in [6, 6.07) is 15.3. The molecule has 0 spiro atoms. The highest BCUT2D eigenvalue weighted by Gasteiger charge is 2.23. The molecule has 1 heterocycles. The zero-order chi connectivity index (χ0) is 21.3. The second-order valence-corrected chi connectivity index (χ2v) is 7.90. The third-order valence-corrected chi connectivity index (χ3v) is 5.49. The summed E-state index contributed by atoms with van der Waals surface area (Å²) in [4.78, 5) is 26.8. The van der Waals surface area contributed by atoms with Crippen LogP contribution in [0.5, 0.6) is 5.75 Å². The predicted molar refractivity (Wildman–Crippen MR) is 119 cm³/mol. The number of ether oxygens (including phenoxy) is 1. The maximum atomic E-state index is 12.7. The first-order valence-corrected chi connectivity index (χ1v) is 10.6. The summed E-state index contributed by atoms with van der Waals surface area (Å²) >= 11 is 0. The molecular weight excluding hydrogens is 378 g/mol. The standard InChI is InChI=1S/C24H31N3O3/c1-18-8-11-21(12-9-18)26-24(29)25-16-20-6-4-14-27(17-20)23(28)13-10-19-5-3-7-22(15-19)30-2/h3,5,7-9,11-12,15,20H,4,6,10,13-14,16-17H2,1-2H3,(H2,25,26,29). The number of hydrogen-bond donors (Lipinski definition) is 2. The van der Waals surface area contributed by atoms with Gasteiger partial charge in [0.15, 0.2) is 0 Å². The molecule has 0 aliphatic carbocycles. The molecule has 0 radical (unpaired) electrons. The summed E-state index contributed by atoms with van der Waals surface area (Å²) < 4.78 is 5.25. The summed E-state index contributed by atoms with van der Waals surface area (Å²) in [5, 5.41) is 5.79. The average Bonchev–Trinajstić information content (AvgIpc) is 2.78. The van der Waals surface area contributed by atoms with Crippen LogP contribution in [-0.4, -0.2) is 43.6 Å². The van der Waals surface area contributed by atoms with Crippen molar-refractivity contribution < 1.29 is 14.3 Å². The molecule has 0 saturated carbocycles. The quantitative estimate of drug-likeness (QED) is 0.726. The third-order valence-electron chi connectivity index (χ3n) is 5.49. The number of urea groups is 1. The molecule has 2 aromatic rings. The predicted octanol–water partition coefficient (Wildman–Crippen LogP) is 4.00. The highest BCUT2D eigenvalue weighted by Crippen LogP contribution is 2.19. The monoisotopic (exact) mass is 409 g/mol. The zero-order valence-electron chi connectivity index (χ0n) is 17.8. The van der Waals surface area contributed by atoms with Crippen LogP contribution in [0, 0.1) is 12.8 Å². The molecule has 2 aromatic carbocycles. The van der Waals surface area contributed by atoms with Gasteiger partial charge in [-0.2, -0.15) is 0 Å². The molecule has 1 aliphatic heterocycles. The first-order chi connectivity index (χ1) is 14.5. The van der Waals surface area contributed by atoms with Crippen LogP contribution < -0.4 is 15.4 Å². The second-order valence-electron chi connectivity index (χ2n) is 7.90. The Balaban J connectivity index is 1.42. The van der Waals surface area contributed by atoms with Gasteiger partial charge in [-0.05, 0) is 61.9 Å². The highest BCUT2D eigenvalue weighted by molar-refractivity contribution is 5.89. The van der Waals surface area contributed by atoms with Crippen molar-refractivity contribution in [1.29, 1.82) is 0 Å². The van der Waals surface area contributed by atoms with Crippen LogP contribution >= 0.6 is 0 Å². The molecule has 0 bridgehead atoms. The van der Waals surface area contributed by atoms with E-state index < -0.39 is 0 Å². The van der Waals surface area contributed by atoms with E-state index in [1.807, 2.05) is 60.4 Å². The van der Waals surface area contributed by atoms with E-state index >= 15 is 0 Å². The van der Waals surface area contributed by atoms with Gasteiger partial charge in [0.2, 0.25) is 5.91 Å². The van der Waals surface area contributed by atoms with E-state index in [9.17, 15) is 9.59 Å². The number of piperidine rings is 1. The van der Waals surface area contributed by atoms with E-state index in [2.05, 4.69) is 10.6 Å². The van der Waals surface area contributed by atoms with Gasteiger partial charge < -0.3 is 20.3 Å². The summed E-state index contributed by atoms with van der Waals surface area (Å²) in [7, 11) is 1.65. The lowest BCUT2D eigenvalue weighted by molar-refractivity contribution is -0.132. The Hall–Kier alpha value is -3.02. The molecule has 3 amide bonds. The Morgan fingerprint density at radius 2 is 1.97 bits per heavy atom. The summed E-state index contributed by atoms with van der Waals surface area (Å²) in [5.41, 5.74) is 3.03. The number of carbonyl (C=O) groups is 2. The van der Waals surface area contributed by atoms with Crippen LogP contribution in [0.3, 0.4) is 0 Å². The van der Waals surface area contributed by atoms with Gasteiger partial charge in [-0.15, -0.1) is 0 Å². The lowest BCUT2D eigenvalue weighted by Gasteiger charge is -2.33. The maximum Gasteiger partial charge on any atom is 0.319 e. The SMILES string of the molecule is COc1cccc(CCC(=O)N2CCCC(CNC(=O)Nc3ccc(C)cc3)C2)c1. The maximum absolute atomic E-state index is 12.7. The number of anilines is 1. The van der Waals surface area contributed by atoms with Gasteiger partial charge in [0.25, 0.3) is 0 Å². The number of likely N-dealkylation sites (tertiary alicyclic amines) is 1. The molecule has 0 aromatic heterocycles. The topological polar surface area (TPSA) is 70.7 Å². The van der Waals surface area contributed by atoms with Crippen molar-refractivity contribution >= 4 is 17.6 Å². The van der Waals surface area contributed by atoms with Crippen LogP contribution in [0.15, 0.2) is 48.5 Å². The molecular formula is C24H31N3O3. The number of methoxy groups -OCH3 is 1. The summed E-state index contributed by atoms with van der Waals surface area (Å²) in [6.07, 6.45) is 3.18. The van der Waals surface area contributed by atoms with Crippen LogP contribution in [0.25, 0.3) is 0 Å². The molecule has 30 heavy (non-hydrogen) atoms. The molecule has 1 unspecified atom stereocenters. The minimum absolute atomic E-state index is 0.173. The summed E-state index contributed by atoms with van der Waals surface area (Å²) in [6.45, 7) is 4.07. The van der Waals surface area contributed by atoms with Gasteiger partial charge in [-0.1, -0.05) is 29.8 Å². The lowest BCUT2D eigenvalue weighted by atomic mass is 9.97. The molecule has 6 nitrogen and oxygen atoms in total. The fraction of sp³-hybridized carbons (Fsp3) is 0.417.